The molecule has 1 aromatic heterocycles. The molecule has 12 heteroatoms. The Kier molecular flexibility index (Phi) is 6.34. The minimum atomic E-state index is -3.87. The van der Waals surface area contributed by atoms with Gasteiger partial charge in [0.25, 0.3) is 0 Å². The van der Waals surface area contributed by atoms with E-state index < -0.39 is 39.4 Å². The number of alkyl halides is 2. The monoisotopic (exact) mass is 536 g/mol. The van der Waals surface area contributed by atoms with Crippen LogP contribution in [0.5, 0.6) is 0 Å². The molecule has 2 aliphatic rings. The Morgan fingerprint density at radius 1 is 1.17 bits per heavy atom. The van der Waals surface area contributed by atoms with Gasteiger partial charge in [0.15, 0.2) is 9.84 Å². The minimum Gasteiger partial charge on any atom is -0.420 e. The summed E-state index contributed by atoms with van der Waals surface area (Å²) >= 11 is 5.97. The van der Waals surface area contributed by atoms with E-state index in [1.54, 1.807) is 24.3 Å². The van der Waals surface area contributed by atoms with Gasteiger partial charge >= 0.3 is 0 Å². The molecule has 5 rings (SSSR count). The van der Waals surface area contributed by atoms with Gasteiger partial charge in [-0.15, -0.1) is 10.2 Å². The Labute approximate surface area is 211 Å². The molecular weight excluding hydrogens is 514 g/mol. The van der Waals surface area contributed by atoms with Crippen molar-refractivity contribution in [2.45, 2.75) is 55.0 Å². The standard InChI is InChI=1S/C24H23ClF2N4O4S/c25-17-6-3-14(4-7-17)12-31-19-10-15(5-8-20(19)36(33,34)13-18(28)23(31)32)21-29-30-22(35-21)16-2-1-9-24(26,27)11-16/h3-8,10,16,18H,1-2,9,11-13,28H2/t16?,18-/m0/s1. The highest BCUT2D eigenvalue weighted by Gasteiger charge is 2.39. The van der Waals surface area contributed by atoms with Crippen LogP contribution in [0, 0.1) is 0 Å². The summed E-state index contributed by atoms with van der Waals surface area (Å²) in [5.41, 5.74) is 7.17. The Hall–Kier alpha value is -2.89. The molecule has 1 unspecified atom stereocenters. The molecule has 1 saturated carbocycles. The van der Waals surface area contributed by atoms with Gasteiger partial charge in [-0.25, -0.2) is 17.2 Å². The van der Waals surface area contributed by atoms with Crippen molar-refractivity contribution in [3.63, 3.8) is 0 Å². The Bertz CT molecular complexity index is 1410. The molecule has 2 aromatic carbocycles. The van der Waals surface area contributed by atoms with E-state index in [0.717, 1.165) is 0 Å². The average Bonchev–Trinajstić information content (AvgIpc) is 3.30. The number of nitrogens with two attached hydrogens (primary N) is 1. The third-order valence-corrected chi connectivity index (χ3v) is 8.56. The molecule has 0 spiro atoms. The van der Waals surface area contributed by atoms with Crippen LogP contribution in [0.1, 0.15) is 43.1 Å². The van der Waals surface area contributed by atoms with E-state index in [0.29, 0.717) is 29.0 Å². The van der Waals surface area contributed by atoms with Crippen molar-refractivity contribution in [1.29, 1.82) is 0 Å². The summed E-state index contributed by atoms with van der Waals surface area (Å²) in [5.74, 6) is -4.26. The van der Waals surface area contributed by atoms with Gasteiger partial charge in [0, 0.05) is 29.3 Å². The molecule has 1 fully saturated rings. The van der Waals surface area contributed by atoms with Crippen LogP contribution in [0.3, 0.4) is 0 Å². The van der Waals surface area contributed by atoms with Crippen molar-refractivity contribution in [2.75, 3.05) is 10.7 Å². The SMILES string of the molecule is N[C@H]1CS(=O)(=O)c2ccc(-c3nnc(C4CCCC(F)(F)C4)o3)cc2N(Cc2ccc(Cl)cc2)C1=O. The van der Waals surface area contributed by atoms with Crippen LogP contribution in [-0.2, 0) is 21.2 Å². The molecule has 190 valence electrons. The maximum atomic E-state index is 13.9. The fourth-order valence-electron chi connectivity index (χ4n) is 4.67. The fraction of sp³-hybridized carbons (Fsp3) is 0.375. The molecular formula is C24H23ClF2N4O4S. The molecule has 0 bridgehead atoms. The van der Waals surface area contributed by atoms with Gasteiger partial charge in [0.1, 0.15) is 0 Å². The van der Waals surface area contributed by atoms with Crippen LogP contribution in [0.15, 0.2) is 51.8 Å². The van der Waals surface area contributed by atoms with Crippen LogP contribution in [0.2, 0.25) is 5.02 Å². The molecule has 2 N–H and O–H groups in total. The smallest absolute Gasteiger partial charge is 0.248 e. The number of amides is 1. The van der Waals surface area contributed by atoms with Gasteiger partial charge in [-0.05, 0) is 48.7 Å². The Balaban J connectivity index is 1.54. The number of aromatic nitrogens is 2. The van der Waals surface area contributed by atoms with E-state index in [1.165, 1.54) is 23.1 Å². The van der Waals surface area contributed by atoms with Crippen molar-refractivity contribution in [1.82, 2.24) is 10.2 Å². The van der Waals surface area contributed by atoms with Crippen LogP contribution >= 0.6 is 11.6 Å². The summed E-state index contributed by atoms with van der Waals surface area (Å²) in [6.45, 7) is 0.0575. The molecule has 0 radical (unpaired) electrons. The van der Waals surface area contributed by atoms with Crippen molar-refractivity contribution < 1.29 is 26.4 Å². The first-order valence-electron chi connectivity index (χ1n) is 11.4. The van der Waals surface area contributed by atoms with Crippen molar-refractivity contribution in [3.8, 4) is 11.5 Å². The number of hydrogen-bond donors (Lipinski definition) is 1. The number of carbonyl (C=O) groups excluding carboxylic acids is 1. The van der Waals surface area contributed by atoms with Crippen molar-refractivity contribution in [3.05, 3.63) is 58.9 Å². The first-order chi connectivity index (χ1) is 17.0. The lowest BCUT2D eigenvalue weighted by atomic mass is 9.86. The van der Waals surface area contributed by atoms with Crippen LogP contribution in [-0.4, -0.2) is 42.2 Å². The normalized spacial score (nSPS) is 23.2. The van der Waals surface area contributed by atoms with Gasteiger partial charge in [0.05, 0.1) is 28.9 Å². The maximum absolute atomic E-state index is 13.9. The highest BCUT2D eigenvalue weighted by atomic mass is 35.5. The van der Waals surface area contributed by atoms with Crippen LogP contribution in [0.25, 0.3) is 11.5 Å². The predicted molar refractivity (Wildman–Crippen MR) is 129 cm³/mol. The van der Waals surface area contributed by atoms with Crippen LogP contribution in [0.4, 0.5) is 14.5 Å². The minimum absolute atomic E-state index is 0.0477. The number of fused-ring (bicyclic) bond motifs is 1. The fourth-order valence-corrected chi connectivity index (χ4v) is 6.36. The molecule has 0 saturated heterocycles. The van der Waals surface area contributed by atoms with Gasteiger partial charge < -0.3 is 15.1 Å². The average molecular weight is 537 g/mol. The van der Waals surface area contributed by atoms with E-state index in [2.05, 4.69) is 10.2 Å². The van der Waals surface area contributed by atoms with Crippen molar-refractivity contribution >= 4 is 33.0 Å². The quantitative estimate of drug-likeness (QED) is 0.527. The number of halogens is 3. The summed E-state index contributed by atoms with van der Waals surface area (Å²) in [5, 5.41) is 8.52. The summed E-state index contributed by atoms with van der Waals surface area (Å²) in [4.78, 5) is 14.4. The van der Waals surface area contributed by atoms with Gasteiger partial charge in [-0.3, -0.25) is 4.79 Å². The molecule has 1 aliphatic heterocycles. The number of hydrogen-bond acceptors (Lipinski definition) is 7. The summed E-state index contributed by atoms with van der Waals surface area (Å²) < 4.78 is 59.5. The second-order valence-corrected chi connectivity index (χ2v) is 11.7. The molecule has 2 heterocycles. The van der Waals surface area contributed by atoms with Gasteiger partial charge in [-0.2, -0.15) is 0 Å². The second-order valence-electron chi connectivity index (χ2n) is 9.22. The predicted octanol–water partition coefficient (Wildman–Crippen LogP) is 4.33. The lowest BCUT2D eigenvalue weighted by Gasteiger charge is -2.26. The lowest BCUT2D eigenvalue weighted by Crippen LogP contribution is -2.45. The second kappa shape index (κ2) is 9.20. The largest absolute Gasteiger partial charge is 0.420 e. The molecule has 1 amide bonds. The van der Waals surface area contributed by atoms with E-state index in [-0.39, 0.29) is 41.8 Å². The van der Waals surface area contributed by atoms with E-state index in [9.17, 15) is 22.0 Å². The third-order valence-electron chi connectivity index (χ3n) is 6.50. The lowest BCUT2D eigenvalue weighted by molar-refractivity contribution is -0.119. The third kappa shape index (κ3) is 4.87. The zero-order valence-corrected chi connectivity index (χ0v) is 20.6. The zero-order chi connectivity index (χ0) is 25.7. The molecule has 1 aliphatic carbocycles. The Morgan fingerprint density at radius 3 is 2.64 bits per heavy atom. The highest BCUT2D eigenvalue weighted by Crippen LogP contribution is 2.42. The summed E-state index contributed by atoms with van der Waals surface area (Å²) in [6, 6.07) is 9.89. The first-order valence-corrected chi connectivity index (χ1v) is 13.5. The first kappa shape index (κ1) is 24.8. The number of rotatable bonds is 4. The van der Waals surface area contributed by atoms with E-state index in [1.807, 2.05) is 0 Å². The van der Waals surface area contributed by atoms with Gasteiger partial charge in [-0.1, -0.05) is 23.7 Å². The van der Waals surface area contributed by atoms with Crippen molar-refractivity contribution in [2.24, 2.45) is 5.73 Å². The zero-order valence-electron chi connectivity index (χ0n) is 19.0. The number of nitrogens with zero attached hydrogens (tertiary/aromatic N) is 3. The van der Waals surface area contributed by atoms with Gasteiger partial charge in [0.2, 0.25) is 23.6 Å². The van der Waals surface area contributed by atoms with Crippen LogP contribution < -0.4 is 10.6 Å². The molecule has 36 heavy (non-hydrogen) atoms. The molecule has 2 atom stereocenters. The highest BCUT2D eigenvalue weighted by molar-refractivity contribution is 7.91. The van der Waals surface area contributed by atoms with E-state index >= 15 is 0 Å². The number of anilines is 1. The summed E-state index contributed by atoms with van der Waals surface area (Å²) in [7, 11) is -3.87. The summed E-state index contributed by atoms with van der Waals surface area (Å²) in [6.07, 6.45) is 0.344. The number of benzene rings is 2. The maximum Gasteiger partial charge on any atom is 0.248 e. The molecule has 8 nitrogen and oxygen atoms in total. The number of carbonyl (C=O) groups is 1. The Morgan fingerprint density at radius 2 is 1.92 bits per heavy atom. The number of sulfone groups is 1. The van der Waals surface area contributed by atoms with E-state index in [4.69, 9.17) is 21.8 Å². The molecule has 3 aromatic rings. The topological polar surface area (TPSA) is 119 Å².